The lowest BCUT2D eigenvalue weighted by Crippen LogP contribution is -2.13. The number of methoxy groups -OCH3 is 1. The van der Waals surface area contributed by atoms with E-state index in [0.29, 0.717) is 39.6 Å². The summed E-state index contributed by atoms with van der Waals surface area (Å²) in [6.45, 7) is 5.78. The number of esters is 2. The van der Waals surface area contributed by atoms with Crippen molar-refractivity contribution in [1.82, 2.24) is 0 Å². The summed E-state index contributed by atoms with van der Waals surface area (Å²) in [6.07, 6.45) is 1.34. The molecule has 0 aliphatic heterocycles. The number of carbonyl (C=O) groups excluding carboxylic acids is 2. The van der Waals surface area contributed by atoms with Crippen LogP contribution < -0.4 is 0 Å². The minimum absolute atomic E-state index is 0.196. The van der Waals surface area contributed by atoms with Crippen LogP contribution in [0.5, 0.6) is 0 Å². The molecule has 0 unspecified atom stereocenters. The quantitative estimate of drug-likeness (QED) is 0.275. The fourth-order valence-electron chi connectivity index (χ4n) is 1.06. The first-order valence-electron chi connectivity index (χ1n) is 6.30. The van der Waals surface area contributed by atoms with Gasteiger partial charge >= 0.3 is 11.9 Å². The van der Waals surface area contributed by atoms with Crippen LogP contribution in [0.4, 0.5) is 0 Å². The van der Waals surface area contributed by atoms with Gasteiger partial charge in [0, 0.05) is 6.08 Å². The van der Waals surface area contributed by atoms with E-state index in [0.717, 1.165) is 6.08 Å². The van der Waals surface area contributed by atoms with Crippen LogP contribution >= 0.6 is 0 Å². The monoisotopic (exact) mass is 290 g/mol. The average Bonchev–Trinajstić information content (AvgIpc) is 2.47. The van der Waals surface area contributed by atoms with Gasteiger partial charge in [0.05, 0.1) is 53.2 Å². The van der Waals surface area contributed by atoms with Crippen LogP contribution in [0.3, 0.4) is 0 Å². The molecule has 7 heteroatoms. The van der Waals surface area contributed by atoms with Crippen molar-refractivity contribution in [3.63, 3.8) is 0 Å². The molecule has 0 aromatic carbocycles. The maximum Gasteiger partial charge on any atom is 0.330 e. The van der Waals surface area contributed by atoms with Gasteiger partial charge in [-0.1, -0.05) is 6.58 Å². The topological polar surface area (TPSA) is 80.3 Å². The highest BCUT2D eigenvalue weighted by Crippen LogP contribution is 1.87. The maximum absolute atomic E-state index is 10.7. The Kier molecular flexibility index (Phi) is 13.0. The van der Waals surface area contributed by atoms with Gasteiger partial charge in [0.1, 0.15) is 6.61 Å². The molecule has 0 fully saturated rings. The summed E-state index contributed by atoms with van der Waals surface area (Å²) in [4.78, 5) is 21.4. The summed E-state index contributed by atoms with van der Waals surface area (Å²) >= 11 is 0. The number of hydrogen-bond acceptors (Lipinski definition) is 7. The molecular formula is C13H22O7. The van der Waals surface area contributed by atoms with Gasteiger partial charge in [-0.3, -0.25) is 4.79 Å². The van der Waals surface area contributed by atoms with Crippen LogP contribution in [-0.2, 0) is 33.3 Å². The maximum atomic E-state index is 10.7. The van der Waals surface area contributed by atoms with Gasteiger partial charge in [-0.2, -0.15) is 0 Å². The number of hydrogen-bond donors (Lipinski definition) is 0. The Morgan fingerprint density at radius 2 is 1.40 bits per heavy atom. The third-order valence-corrected chi connectivity index (χ3v) is 2.06. The highest BCUT2D eigenvalue weighted by molar-refractivity contribution is 5.81. The number of carbonyl (C=O) groups is 2. The van der Waals surface area contributed by atoms with Crippen molar-refractivity contribution >= 4 is 11.9 Å². The van der Waals surface area contributed by atoms with Crippen LogP contribution in [0, 0.1) is 0 Å². The van der Waals surface area contributed by atoms with Crippen molar-refractivity contribution in [3.05, 3.63) is 12.7 Å². The van der Waals surface area contributed by atoms with E-state index in [-0.39, 0.29) is 19.0 Å². The van der Waals surface area contributed by atoms with Crippen molar-refractivity contribution in [1.29, 1.82) is 0 Å². The van der Waals surface area contributed by atoms with E-state index in [1.807, 2.05) is 0 Å². The highest BCUT2D eigenvalue weighted by Gasteiger charge is 1.99. The SMILES string of the molecule is C=CC(=O)OCCOCCOCCOCCC(=O)OC. The summed E-state index contributed by atoms with van der Waals surface area (Å²) in [5, 5.41) is 0. The zero-order chi connectivity index (χ0) is 15.1. The van der Waals surface area contributed by atoms with Gasteiger partial charge in [0.15, 0.2) is 0 Å². The molecule has 0 saturated heterocycles. The number of ether oxygens (including phenoxy) is 5. The molecule has 0 amide bonds. The summed E-state index contributed by atoms with van der Waals surface area (Å²) in [5.74, 6) is -0.759. The first-order valence-corrected chi connectivity index (χ1v) is 6.30. The van der Waals surface area contributed by atoms with Gasteiger partial charge in [-0.25, -0.2) is 4.79 Å². The van der Waals surface area contributed by atoms with E-state index in [2.05, 4.69) is 11.3 Å². The summed E-state index contributed by atoms with van der Waals surface area (Å²) < 4.78 is 24.7. The Labute approximate surface area is 118 Å². The predicted molar refractivity (Wildman–Crippen MR) is 70.2 cm³/mol. The van der Waals surface area contributed by atoms with Gasteiger partial charge < -0.3 is 23.7 Å². The zero-order valence-electron chi connectivity index (χ0n) is 11.8. The molecule has 0 saturated carbocycles. The zero-order valence-corrected chi connectivity index (χ0v) is 11.8. The van der Waals surface area contributed by atoms with E-state index < -0.39 is 5.97 Å². The molecule has 0 atom stereocenters. The van der Waals surface area contributed by atoms with Crippen molar-refractivity contribution in [2.45, 2.75) is 6.42 Å². The predicted octanol–water partition coefficient (Wildman–Crippen LogP) is 0.329. The van der Waals surface area contributed by atoms with Gasteiger partial charge in [0.25, 0.3) is 0 Å². The van der Waals surface area contributed by atoms with Crippen LogP contribution in [0.2, 0.25) is 0 Å². The Morgan fingerprint density at radius 1 is 0.900 bits per heavy atom. The Morgan fingerprint density at radius 3 is 1.90 bits per heavy atom. The lowest BCUT2D eigenvalue weighted by atomic mass is 10.5. The van der Waals surface area contributed by atoms with Crippen molar-refractivity contribution in [2.75, 3.05) is 53.4 Å². The second kappa shape index (κ2) is 14.0. The van der Waals surface area contributed by atoms with Gasteiger partial charge in [-0.05, 0) is 0 Å². The van der Waals surface area contributed by atoms with Gasteiger partial charge in [-0.15, -0.1) is 0 Å². The lowest BCUT2D eigenvalue weighted by molar-refractivity contribution is -0.142. The molecule has 0 aromatic rings. The van der Waals surface area contributed by atoms with Crippen LogP contribution in [0.25, 0.3) is 0 Å². The molecular weight excluding hydrogens is 268 g/mol. The normalized spacial score (nSPS) is 10.1. The van der Waals surface area contributed by atoms with E-state index in [4.69, 9.17) is 18.9 Å². The van der Waals surface area contributed by atoms with Gasteiger partial charge in [0.2, 0.25) is 0 Å². The molecule has 0 heterocycles. The van der Waals surface area contributed by atoms with Crippen molar-refractivity contribution in [2.24, 2.45) is 0 Å². The van der Waals surface area contributed by atoms with Crippen LogP contribution in [0.15, 0.2) is 12.7 Å². The summed E-state index contributed by atoms with van der Waals surface area (Å²) in [6, 6.07) is 0. The van der Waals surface area contributed by atoms with E-state index in [1.165, 1.54) is 7.11 Å². The third kappa shape index (κ3) is 13.0. The standard InChI is InChI=1S/C13H22O7/c1-3-12(14)20-11-10-19-9-8-18-7-6-17-5-4-13(15)16-2/h3H,1,4-11H2,2H3. The molecule has 0 rings (SSSR count). The third-order valence-electron chi connectivity index (χ3n) is 2.06. The lowest BCUT2D eigenvalue weighted by Gasteiger charge is -2.06. The smallest absolute Gasteiger partial charge is 0.330 e. The van der Waals surface area contributed by atoms with Crippen LogP contribution in [0.1, 0.15) is 6.42 Å². The van der Waals surface area contributed by atoms with E-state index >= 15 is 0 Å². The van der Waals surface area contributed by atoms with Crippen molar-refractivity contribution < 1.29 is 33.3 Å². The fraction of sp³-hybridized carbons (Fsp3) is 0.692. The Balaban J connectivity index is 3.08. The van der Waals surface area contributed by atoms with E-state index in [1.54, 1.807) is 0 Å². The first kappa shape index (κ1) is 18.6. The minimum Gasteiger partial charge on any atom is -0.469 e. The molecule has 0 aliphatic rings. The Hall–Kier alpha value is -1.44. The first-order chi connectivity index (χ1) is 9.70. The fourth-order valence-corrected chi connectivity index (χ4v) is 1.06. The molecule has 0 bridgehead atoms. The van der Waals surface area contributed by atoms with Crippen LogP contribution in [-0.4, -0.2) is 65.3 Å². The number of rotatable bonds is 13. The molecule has 0 N–H and O–H groups in total. The second-order valence-corrected chi connectivity index (χ2v) is 3.53. The molecule has 0 aromatic heterocycles. The van der Waals surface area contributed by atoms with Crippen molar-refractivity contribution in [3.8, 4) is 0 Å². The largest absolute Gasteiger partial charge is 0.469 e. The average molecular weight is 290 g/mol. The van der Waals surface area contributed by atoms with E-state index in [9.17, 15) is 9.59 Å². The molecule has 20 heavy (non-hydrogen) atoms. The highest BCUT2D eigenvalue weighted by atomic mass is 16.6. The summed E-state index contributed by atoms with van der Waals surface area (Å²) in [5.41, 5.74) is 0. The molecule has 0 radical (unpaired) electrons. The molecule has 7 nitrogen and oxygen atoms in total. The molecule has 0 aliphatic carbocycles. The molecule has 116 valence electrons. The molecule has 0 spiro atoms. The second-order valence-electron chi connectivity index (χ2n) is 3.53. The summed E-state index contributed by atoms with van der Waals surface area (Å²) in [7, 11) is 1.34. The minimum atomic E-state index is -0.464. The Bertz CT molecular complexity index is 278.